The molecule has 1 heterocycles. The van der Waals surface area contributed by atoms with Crippen LogP contribution in [0.5, 0.6) is 5.75 Å². The Bertz CT molecular complexity index is 442. The smallest absolute Gasteiger partial charge is 0.165 e. The second-order valence-corrected chi connectivity index (χ2v) is 5.75. The minimum Gasteiger partial charge on any atom is -0.490 e. The quantitative estimate of drug-likeness (QED) is 0.868. The summed E-state index contributed by atoms with van der Waals surface area (Å²) in [6.45, 7) is 2.86. The fourth-order valence-corrected chi connectivity index (χ4v) is 2.51. The first-order valence-electron chi connectivity index (χ1n) is 7.54. The molecular weight excluding hydrogens is 257 g/mol. The zero-order chi connectivity index (χ0) is 13.8. The number of hydrogen-bond donors (Lipinski definition) is 1. The van der Waals surface area contributed by atoms with Gasteiger partial charge in [-0.05, 0) is 37.7 Å². The zero-order valence-electron chi connectivity index (χ0n) is 11.7. The Hall–Kier alpha value is -1.13. The van der Waals surface area contributed by atoms with Gasteiger partial charge in [0.15, 0.2) is 11.6 Å². The highest BCUT2D eigenvalue weighted by molar-refractivity contribution is 5.35. The molecule has 110 valence electrons. The molecule has 3 nitrogen and oxygen atoms in total. The minimum atomic E-state index is -0.257. The zero-order valence-corrected chi connectivity index (χ0v) is 11.7. The van der Waals surface area contributed by atoms with Crippen LogP contribution in [0.4, 0.5) is 4.39 Å². The second-order valence-electron chi connectivity index (χ2n) is 5.75. The van der Waals surface area contributed by atoms with E-state index in [9.17, 15) is 4.39 Å². The summed E-state index contributed by atoms with van der Waals surface area (Å²) < 4.78 is 25.1. The van der Waals surface area contributed by atoms with E-state index in [4.69, 9.17) is 9.47 Å². The molecular formula is C16H22FNO2. The fourth-order valence-electron chi connectivity index (χ4n) is 2.51. The maximum Gasteiger partial charge on any atom is 0.165 e. The standard InChI is InChI=1S/C16H22FNO2/c17-15-3-1-2-13(10-18-14-4-5-14)16(15)20-11-12-6-8-19-9-7-12/h1-3,12,14,18H,4-11H2. The summed E-state index contributed by atoms with van der Waals surface area (Å²) in [6, 6.07) is 5.78. The molecule has 2 fully saturated rings. The van der Waals surface area contributed by atoms with E-state index >= 15 is 0 Å². The highest BCUT2D eigenvalue weighted by atomic mass is 19.1. The third-order valence-electron chi connectivity index (χ3n) is 4.01. The second kappa shape index (κ2) is 6.55. The molecule has 1 saturated heterocycles. The van der Waals surface area contributed by atoms with E-state index in [0.717, 1.165) is 31.6 Å². The molecule has 1 N–H and O–H groups in total. The summed E-state index contributed by atoms with van der Waals surface area (Å²) in [5.41, 5.74) is 0.920. The molecule has 1 aromatic rings. The van der Waals surface area contributed by atoms with Crippen LogP contribution in [0.1, 0.15) is 31.2 Å². The van der Waals surface area contributed by atoms with Crippen molar-refractivity contribution in [3.8, 4) is 5.75 Å². The Kier molecular flexibility index (Phi) is 4.53. The van der Waals surface area contributed by atoms with Crippen molar-refractivity contribution in [3.05, 3.63) is 29.6 Å². The Labute approximate surface area is 119 Å². The van der Waals surface area contributed by atoms with Crippen molar-refractivity contribution >= 4 is 0 Å². The molecule has 1 aromatic carbocycles. The van der Waals surface area contributed by atoms with Gasteiger partial charge in [-0.25, -0.2) is 4.39 Å². The van der Waals surface area contributed by atoms with Crippen LogP contribution < -0.4 is 10.1 Å². The molecule has 0 aromatic heterocycles. The third-order valence-corrected chi connectivity index (χ3v) is 4.01. The van der Waals surface area contributed by atoms with Gasteiger partial charge >= 0.3 is 0 Å². The van der Waals surface area contributed by atoms with Crippen LogP contribution in [-0.2, 0) is 11.3 Å². The van der Waals surface area contributed by atoms with Gasteiger partial charge in [-0.1, -0.05) is 12.1 Å². The molecule has 0 radical (unpaired) electrons. The molecule has 1 aliphatic heterocycles. The van der Waals surface area contributed by atoms with Crippen LogP contribution in [0.15, 0.2) is 18.2 Å². The molecule has 0 atom stereocenters. The van der Waals surface area contributed by atoms with Gasteiger partial charge in [-0.2, -0.15) is 0 Å². The van der Waals surface area contributed by atoms with E-state index in [-0.39, 0.29) is 5.82 Å². The fraction of sp³-hybridized carbons (Fsp3) is 0.625. The summed E-state index contributed by atoms with van der Waals surface area (Å²) in [4.78, 5) is 0. The van der Waals surface area contributed by atoms with Gasteiger partial charge < -0.3 is 14.8 Å². The summed E-state index contributed by atoms with van der Waals surface area (Å²) in [6.07, 6.45) is 4.47. The Morgan fingerprint density at radius 2 is 2.00 bits per heavy atom. The number of para-hydroxylation sites is 1. The average Bonchev–Trinajstić information content (AvgIpc) is 3.29. The van der Waals surface area contributed by atoms with Crippen molar-refractivity contribution in [2.45, 2.75) is 38.3 Å². The minimum absolute atomic E-state index is 0.257. The van der Waals surface area contributed by atoms with Crippen molar-refractivity contribution in [2.75, 3.05) is 19.8 Å². The van der Waals surface area contributed by atoms with E-state index in [1.807, 2.05) is 6.07 Å². The van der Waals surface area contributed by atoms with Gasteiger partial charge in [0.05, 0.1) is 6.61 Å². The predicted octanol–water partition coefficient (Wildman–Crippen LogP) is 2.88. The number of ether oxygens (including phenoxy) is 2. The van der Waals surface area contributed by atoms with Crippen molar-refractivity contribution in [1.82, 2.24) is 5.32 Å². The number of nitrogens with one attached hydrogen (secondary N) is 1. The maximum atomic E-state index is 14.0. The first-order valence-corrected chi connectivity index (χ1v) is 7.54. The lowest BCUT2D eigenvalue weighted by atomic mass is 10.0. The normalized spacial score (nSPS) is 20.1. The van der Waals surface area contributed by atoms with E-state index in [1.54, 1.807) is 6.07 Å². The first kappa shape index (κ1) is 13.8. The van der Waals surface area contributed by atoms with E-state index < -0.39 is 0 Å². The van der Waals surface area contributed by atoms with Crippen molar-refractivity contribution < 1.29 is 13.9 Å². The van der Waals surface area contributed by atoms with E-state index in [1.165, 1.54) is 18.9 Å². The van der Waals surface area contributed by atoms with Crippen LogP contribution in [-0.4, -0.2) is 25.9 Å². The van der Waals surface area contributed by atoms with Gasteiger partial charge in [0.2, 0.25) is 0 Å². The van der Waals surface area contributed by atoms with Gasteiger partial charge in [-0.15, -0.1) is 0 Å². The first-order chi connectivity index (χ1) is 9.83. The highest BCUT2D eigenvalue weighted by Gasteiger charge is 2.22. The lowest BCUT2D eigenvalue weighted by Gasteiger charge is -2.23. The van der Waals surface area contributed by atoms with Crippen LogP contribution >= 0.6 is 0 Å². The molecule has 3 rings (SSSR count). The highest BCUT2D eigenvalue weighted by Crippen LogP contribution is 2.26. The topological polar surface area (TPSA) is 30.5 Å². The Morgan fingerprint density at radius 3 is 2.75 bits per heavy atom. The summed E-state index contributed by atoms with van der Waals surface area (Å²) in [5.74, 6) is 0.645. The largest absolute Gasteiger partial charge is 0.490 e. The van der Waals surface area contributed by atoms with Gasteiger partial charge in [0.25, 0.3) is 0 Å². The van der Waals surface area contributed by atoms with Crippen molar-refractivity contribution in [1.29, 1.82) is 0 Å². The van der Waals surface area contributed by atoms with Crippen molar-refractivity contribution in [2.24, 2.45) is 5.92 Å². The molecule has 1 aliphatic carbocycles. The SMILES string of the molecule is Fc1cccc(CNC2CC2)c1OCC1CCOCC1. The lowest BCUT2D eigenvalue weighted by Crippen LogP contribution is -2.22. The van der Waals surface area contributed by atoms with Crippen LogP contribution in [0, 0.1) is 11.7 Å². The summed E-state index contributed by atoms with van der Waals surface area (Å²) in [5, 5.41) is 3.41. The molecule has 0 amide bonds. The molecule has 0 spiro atoms. The van der Waals surface area contributed by atoms with Crippen molar-refractivity contribution in [3.63, 3.8) is 0 Å². The van der Waals surface area contributed by atoms with Gasteiger partial charge in [-0.3, -0.25) is 0 Å². The third kappa shape index (κ3) is 3.70. The van der Waals surface area contributed by atoms with Crippen LogP contribution in [0.25, 0.3) is 0 Å². The molecule has 20 heavy (non-hydrogen) atoms. The van der Waals surface area contributed by atoms with E-state index in [2.05, 4.69) is 5.32 Å². The Balaban J connectivity index is 1.60. The monoisotopic (exact) mass is 279 g/mol. The average molecular weight is 279 g/mol. The number of halogens is 1. The molecule has 0 bridgehead atoms. The summed E-state index contributed by atoms with van der Waals surface area (Å²) >= 11 is 0. The van der Waals surface area contributed by atoms with Gasteiger partial charge in [0.1, 0.15) is 0 Å². The molecule has 1 saturated carbocycles. The molecule has 0 unspecified atom stereocenters. The lowest BCUT2D eigenvalue weighted by molar-refractivity contribution is 0.0490. The van der Waals surface area contributed by atoms with Crippen LogP contribution in [0.2, 0.25) is 0 Å². The van der Waals surface area contributed by atoms with E-state index in [0.29, 0.717) is 30.9 Å². The maximum absolute atomic E-state index is 14.0. The molecule has 2 aliphatic rings. The summed E-state index contributed by atoms with van der Waals surface area (Å²) in [7, 11) is 0. The number of rotatable bonds is 6. The Morgan fingerprint density at radius 1 is 1.20 bits per heavy atom. The molecule has 4 heteroatoms. The predicted molar refractivity (Wildman–Crippen MR) is 75.3 cm³/mol. The number of hydrogen-bond acceptors (Lipinski definition) is 3. The number of benzene rings is 1. The van der Waals surface area contributed by atoms with Gasteiger partial charge in [0, 0.05) is 31.4 Å². The van der Waals surface area contributed by atoms with Crippen LogP contribution in [0.3, 0.4) is 0 Å².